The van der Waals surface area contributed by atoms with E-state index in [0.29, 0.717) is 6.04 Å². The average molecular weight is 188 g/mol. The molecule has 0 radical (unpaired) electrons. The lowest BCUT2D eigenvalue weighted by Crippen LogP contribution is -2.27. The van der Waals surface area contributed by atoms with Crippen molar-refractivity contribution in [2.75, 3.05) is 40.4 Å². The molecule has 0 aliphatic carbocycles. The minimum Gasteiger partial charge on any atom is -0.380 e. The summed E-state index contributed by atoms with van der Waals surface area (Å²) in [6, 6.07) is 0.561. The van der Waals surface area contributed by atoms with Gasteiger partial charge in [0.05, 0.1) is 6.61 Å². The second-order valence-corrected chi connectivity index (χ2v) is 3.88. The molecule has 0 saturated heterocycles. The number of ether oxygens (including phenoxy) is 1. The maximum absolute atomic E-state index is 5.45. The molecule has 0 saturated carbocycles. The van der Waals surface area contributed by atoms with Gasteiger partial charge < -0.3 is 15.0 Å². The highest BCUT2D eigenvalue weighted by atomic mass is 16.5. The first kappa shape index (κ1) is 12.9. The quantitative estimate of drug-likeness (QED) is 0.574. The Hall–Kier alpha value is -0.120. The Morgan fingerprint density at radius 1 is 1.23 bits per heavy atom. The van der Waals surface area contributed by atoms with Crippen molar-refractivity contribution in [3.8, 4) is 0 Å². The van der Waals surface area contributed by atoms with E-state index in [0.717, 1.165) is 32.7 Å². The fraction of sp³-hybridized carbons (Fsp3) is 1.00. The Balaban J connectivity index is 2.92. The molecule has 0 aliphatic heterocycles. The van der Waals surface area contributed by atoms with Crippen LogP contribution in [0.2, 0.25) is 0 Å². The Labute approximate surface area is 82.4 Å². The van der Waals surface area contributed by atoms with Crippen LogP contribution in [0.3, 0.4) is 0 Å². The minimum absolute atomic E-state index is 0.561. The van der Waals surface area contributed by atoms with Crippen molar-refractivity contribution in [2.45, 2.75) is 26.3 Å². The highest BCUT2D eigenvalue weighted by Crippen LogP contribution is 1.85. The van der Waals surface area contributed by atoms with E-state index in [1.807, 2.05) is 0 Å². The number of nitrogens with zero attached hydrogens (tertiary/aromatic N) is 1. The van der Waals surface area contributed by atoms with Crippen LogP contribution >= 0.6 is 0 Å². The van der Waals surface area contributed by atoms with Gasteiger partial charge in [0.1, 0.15) is 0 Å². The van der Waals surface area contributed by atoms with E-state index in [2.05, 4.69) is 38.2 Å². The van der Waals surface area contributed by atoms with Crippen molar-refractivity contribution in [1.82, 2.24) is 10.2 Å². The summed E-state index contributed by atoms with van der Waals surface area (Å²) < 4.78 is 5.45. The van der Waals surface area contributed by atoms with E-state index >= 15 is 0 Å². The standard InChI is InChI=1S/C10H24N2O/c1-10(2)11-6-9-13-8-5-7-12(3)4/h10-11H,5-9H2,1-4H3. The highest BCUT2D eigenvalue weighted by Gasteiger charge is 1.93. The van der Waals surface area contributed by atoms with Crippen LogP contribution in [-0.4, -0.2) is 51.3 Å². The van der Waals surface area contributed by atoms with Crippen LogP contribution in [0.1, 0.15) is 20.3 Å². The predicted molar refractivity (Wildman–Crippen MR) is 57.1 cm³/mol. The van der Waals surface area contributed by atoms with Gasteiger partial charge in [-0.2, -0.15) is 0 Å². The van der Waals surface area contributed by atoms with Crippen LogP contribution in [0.25, 0.3) is 0 Å². The molecule has 3 heteroatoms. The second-order valence-electron chi connectivity index (χ2n) is 3.88. The first-order valence-electron chi connectivity index (χ1n) is 5.08. The van der Waals surface area contributed by atoms with E-state index < -0.39 is 0 Å². The largest absolute Gasteiger partial charge is 0.380 e. The summed E-state index contributed by atoms with van der Waals surface area (Å²) in [5, 5.41) is 3.31. The number of rotatable bonds is 8. The van der Waals surface area contributed by atoms with E-state index in [9.17, 15) is 0 Å². The second kappa shape index (κ2) is 8.48. The van der Waals surface area contributed by atoms with Crippen molar-refractivity contribution in [2.24, 2.45) is 0 Å². The van der Waals surface area contributed by atoms with Gasteiger partial charge in [0.15, 0.2) is 0 Å². The lowest BCUT2D eigenvalue weighted by Gasteiger charge is -2.10. The molecule has 0 spiro atoms. The van der Waals surface area contributed by atoms with Crippen molar-refractivity contribution in [3.63, 3.8) is 0 Å². The van der Waals surface area contributed by atoms with Gasteiger partial charge in [0, 0.05) is 19.2 Å². The van der Waals surface area contributed by atoms with Crippen molar-refractivity contribution >= 4 is 0 Å². The maximum Gasteiger partial charge on any atom is 0.0591 e. The van der Waals surface area contributed by atoms with Gasteiger partial charge in [-0.05, 0) is 27.1 Å². The molecule has 3 nitrogen and oxygen atoms in total. The summed E-state index contributed by atoms with van der Waals surface area (Å²) in [7, 11) is 4.17. The van der Waals surface area contributed by atoms with Crippen LogP contribution < -0.4 is 5.32 Å². The minimum atomic E-state index is 0.561. The molecule has 0 bridgehead atoms. The van der Waals surface area contributed by atoms with Gasteiger partial charge in [-0.25, -0.2) is 0 Å². The third kappa shape index (κ3) is 11.9. The van der Waals surface area contributed by atoms with Gasteiger partial charge in [0.2, 0.25) is 0 Å². The number of hydrogen-bond donors (Lipinski definition) is 1. The van der Waals surface area contributed by atoms with Crippen molar-refractivity contribution < 1.29 is 4.74 Å². The Bertz CT molecular complexity index is 93.1. The molecule has 1 N–H and O–H groups in total. The molecule has 0 aliphatic rings. The average Bonchev–Trinajstić information content (AvgIpc) is 2.01. The van der Waals surface area contributed by atoms with Crippen molar-refractivity contribution in [3.05, 3.63) is 0 Å². The molecule has 0 rings (SSSR count). The highest BCUT2D eigenvalue weighted by molar-refractivity contribution is 4.51. The monoisotopic (exact) mass is 188 g/mol. The fourth-order valence-corrected chi connectivity index (χ4v) is 1.00. The number of nitrogens with one attached hydrogen (secondary N) is 1. The first-order chi connectivity index (χ1) is 6.13. The van der Waals surface area contributed by atoms with Crippen LogP contribution in [0.5, 0.6) is 0 Å². The number of hydrogen-bond acceptors (Lipinski definition) is 3. The lowest BCUT2D eigenvalue weighted by atomic mass is 10.4. The summed E-state index contributed by atoms with van der Waals surface area (Å²) in [5.41, 5.74) is 0. The van der Waals surface area contributed by atoms with Gasteiger partial charge in [0.25, 0.3) is 0 Å². The zero-order valence-corrected chi connectivity index (χ0v) is 9.47. The predicted octanol–water partition coefficient (Wildman–Crippen LogP) is 0.953. The van der Waals surface area contributed by atoms with Crippen LogP contribution in [-0.2, 0) is 4.74 Å². The van der Waals surface area contributed by atoms with Gasteiger partial charge in [-0.3, -0.25) is 0 Å². The van der Waals surface area contributed by atoms with Gasteiger partial charge in [-0.15, -0.1) is 0 Å². The molecular formula is C10H24N2O. The van der Waals surface area contributed by atoms with Gasteiger partial charge >= 0.3 is 0 Å². The zero-order chi connectivity index (χ0) is 10.1. The van der Waals surface area contributed by atoms with Gasteiger partial charge in [-0.1, -0.05) is 13.8 Å². The van der Waals surface area contributed by atoms with Crippen LogP contribution in [0, 0.1) is 0 Å². The third-order valence-corrected chi connectivity index (χ3v) is 1.69. The van der Waals surface area contributed by atoms with Crippen molar-refractivity contribution in [1.29, 1.82) is 0 Å². The van der Waals surface area contributed by atoms with E-state index in [4.69, 9.17) is 4.74 Å². The van der Waals surface area contributed by atoms with E-state index in [-0.39, 0.29) is 0 Å². The topological polar surface area (TPSA) is 24.5 Å². The first-order valence-corrected chi connectivity index (χ1v) is 5.08. The summed E-state index contributed by atoms with van der Waals surface area (Å²) in [6.45, 7) is 8.05. The fourth-order valence-electron chi connectivity index (χ4n) is 1.00. The molecular weight excluding hydrogens is 164 g/mol. The third-order valence-electron chi connectivity index (χ3n) is 1.69. The molecule has 0 fully saturated rings. The molecule has 13 heavy (non-hydrogen) atoms. The van der Waals surface area contributed by atoms with Crippen LogP contribution in [0.15, 0.2) is 0 Å². The van der Waals surface area contributed by atoms with E-state index in [1.165, 1.54) is 0 Å². The molecule has 0 aromatic rings. The molecule has 0 heterocycles. The molecule has 0 aromatic heterocycles. The SMILES string of the molecule is CC(C)NCCOCCCN(C)C. The Morgan fingerprint density at radius 3 is 2.46 bits per heavy atom. The van der Waals surface area contributed by atoms with E-state index in [1.54, 1.807) is 0 Å². The molecule has 80 valence electrons. The maximum atomic E-state index is 5.45. The molecule has 0 amide bonds. The van der Waals surface area contributed by atoms with Crippen LogP contribution in [0.4, 0.5) is 0 Å². The smallest absolute Gasteiger partial charge is 0.0591 e. The Kier molecular flexibility index (Phi) is 8.40. The lowest BCUT2D eigenvalue weighted by molar-refractivity contribution is 0.126. The zero-order valence-electron chi connectivity index (χ0n) is 9.47. The molecule has 0 aromatic carbocycles. The summed E-state index contributed by atoms with van der Waals surface area (Å²) in [5.74, 6) is 0. The summed E-state index contributed by atoms with van der Waals surface area (Å²) >= 11 is 0. The summed E-state index contributed by atoms with van der Waals surface area (Å²) in [4.78, 5) is 2.18. The molecule has 0 unspecified atom stereocenters. The Morgan fingerprint density at radius 2 is 1.92 bits per heavy atom. The normalized spacial score (nSPS) is 11.5. The molecule has 0 atom stereocenters. The summed E-state index contributed by atoms with van der Waals surface area (Å²) in [6.07, 6.45) is 1.12.